The molecule has 2 amide bonds. The van der Waals surface area contributed by atoms with Crippen molar-refractivity contribution >= 4 is 17.7 Å². The molecule has 37 heavy (non-hydrogen) atoms. The van der Waals surface area contributed by atoms with Gasteiger partial charge in [-0.1, -0.05) is 65.2 Å². The van der Waals surface area contributed by atoms with Crippen LogP contribution in [-0.2, 0) is 21.4 Å². The van der Waals surface area contributed by atoms with Crippen molar-refractivity contribution < 1.29 is 23.8 Å². The smallest absolute Gasteiger partial charge is 0.404 e. The van der Waals surface area contributed by atoms with E-state index in [1.54, 1.807) is 14.2 Å². The minimum absolute atomic E-state index is 0.0274. The molecule has 0 heterocycles. The number of ether oxygens (including phenoxy) is 3. The predicted octanol–water partition coefficient (Wildman–Crippen LogP) is 6.72. The third-order valence-electron chi connectivity index (χ3n) is 6.49. The van der Waals surface area contributed by atoms with Gasteiger partial charge in [0.2, 0.25) is 5.91 Å². The number of aryl methyl sites for hydroxylation is 1. The van der Waals surface area contributed by atoms with E-state index in [9.17, 15) is 9.59 Å². The highest BCUT2D eigenvalue weighted by Crippen LogP contribution is 2.36. The highest BCUT2D eigenvalue weighted by molar-refractivity contribution is 5.92. The number of benzene rings is 2. The van der Waals surface area contributed by atoms with Crippen LogP contribution in [0.3, 0.4) is 0 Å². The van der Waals surface area contributed by atoms with E-state index in [4.69, 9.17) is 19.9 Å². The van der Waals surface area contributed by atoms with Crippen LogP contribution in [0.4, 0.5) is 10.5 Å². The van der Waals surface area contributed by atoms with Crippen LogP contribution in [0.1, 0.15) is 88.8 Å². The van der Waals surface area contributed by atoms with E-state index < -0.39 is 6.09 Å². The van der Waals surface area contributed by atoms with E-state index in [2.05, 4.69) is 45.1 Å². The number of hydrogen-bond donors (Lipinski definition) is 2. The van der Waals surface area contributed by atoms with Crippen molar-refractivity contribution in [2.75, 3.05) is 26.1 Å². The average molecular weight is 513 g/mol. The van der Waals surface area contributed by atoms with Crippen LogP contribution in [0, 0.1) is 0 Å². The van der Waals surface area contributed by atoms with Crippen molar-refractivity contribution in [3.8, 4) is 11.5 Å². The van der Waals surface area contributed by atoms with Gasteiger partial charge >= 0.3 is 6.09 Å². The molecule has 3 N–H and O–H groups in total. The van der Waals surface area contributed by atoms with Crippen LogP contribution in [0.5, 0.6) is 11.5 Å². The van der Waals surface area contributed by atoms with Crippen molar-refractivity contribution in [2.24, 2.45) is 5.73 Å². The lowest BCUT2D eigenvalue weighted by Crippen LogP contribution is -2.21. The van der Waals surface area contributed by atoms with Crippen LogP contribution in [0.15, 0.2) is 36.4 Å². The van der Waals surface area contributed by atoms with Gasteiger partial charge in [-0.25, -0.2) is 4.79 Å². The molecule has 7 heteroatoms. The Balaban J connectivity index is 2.26. The standard InChI is InChI=1S/C30H44N2O5/c1-7-8-9-12-22(24-15-14-23(35-5)20-27(24)36-6)19-28(33)32-26-18-21(11-10-17-37-29(31)34)13-16-25(26)30(2,3)4/h13-16,18,20,22H,7-12,17,19H2,1-6H3,(H2,31,34)(H,32,33). The maximum absolute atomic E-state index is 13.4. The van der Waals surface area contributed by atoms with E-state index in [-0.39, 0.29) is 23.8 Å². The van der Waals surface area contributed by atoms with Gasteiger partial charge in [0.25, 0.3) is 0 Å². The molecule has 0 aliphatic carbocycles. The van der Waals surface area contributed by atoms with Gasteiger partial charge in [0, 0.05) is 18.2 Å². The summed E-state index contributed by atoms with van der Waals surface area (Å²) < 4.78 is 15.9. The van der Waals surface area contributed by atoms with Gasteiger partial charge < -0.3 is 25.3 Å². The molecule has 204 valence electrons. The number of primary amides is 1. The fraction of sp³-hybridized carbons (Fsp3) is 0.533. The van der Waals surface area contributed by atoms with Crippen LogP contribution >= 0.6 is 0 Å². The van der Waals surface area contributed by atoms with E-state index >= 15 is 0 Å². The molecule has 1 unspecified atom stereocenters. The number of hydrogen-bond acceptors (Lipinski definition) is 5. The summed E-state index contributed by atoms with van der Waals surface area (Å²) in [4.78, 5) is 24.3. The largest absolute Gasteiger partial charge is 0.497 e. The molecule has 0 saturated carbocycles. The molecule has 0 aliphatic heterocycles. The third kappa shape index (κ3) is 9.63. The van der Waals surface area contributed by atoms with E-state index in [0.717, 1.165) is 59.6 Å². The zero-order valence-electron chi connectivity index (χ0n) is 23.3. The average Bonchev–Trinajstić information content (AvgIpc) is 2.85. The van der Waals surface area contributed by atoms with Gasteiger partial charge in [0.05, 0.1) is 20.8 Å². The van der Waals surface area contributed by atoms with Gasteiger partial charge in [-0.05, 0) is 59.4 Å². The summed E-state index contributed by atoms with van der Waals surface area (Å²) in [6.45, 7) is 8.84. The summed E-state index contributed by atoms with van der Waals surface area (Å²) in [5.74, 6) is 1.47. The predicted molar refractivity (Wildman–Crippen MR) is 149 cm³/mol. The molecule has 7 nitrogen and oxygen atoms in total. The first-order valence-electron chi connectivity index (χ1n) is 13.2. The lowest BCUT2D eigenvalue weighted by atomic mass is 9.84. The number of carbonyl (C=O) groups is 2. The van der Waals surface area contributed by atoms with E-state index in [1.165, 1.54) is 0 Å². The number of unbranched alkanes of at least 4 members (excludes halogenated alkanes) is 2. The molecule has 2 aromatic carbocycles. The third-order valence-corrected chi connectivity index (χ3v) is 6.49. The summed E-state index contributed by atoms with van der Waals surface area (Å²) in [6.07, 6.45) is 5.13. The molecule has 0 aliphatic rings. The molecule has 2 rings (SSSR count). The summed E-state index contributed by atoms with van der Waals surface area (Å²) in [5, 5.41) is 3.21. The van der Waals surface area contributed by atoms with Crippen molar-refractivity contribution in [2.45, 2.75) is 84.0 Å². The second-order valence-electron chi connectivity index (χ2n) is 10.5. The van der Waals surface area contributed by atoms with Crippen molar-refractivity contribution in [1.82, 2.24) is 0 Å². The minimum Gasteiger partial charge on any atom is -0.497 e. The maximum Gasteiger partial charge on any atom is 0.404 e. The Morgan fingerprint density at radius 3 is 2.38 bits per heavy atom. The molecule has 2 aromatic rings. The number of nitrogens with one attached hydrogen (secondary N) is 1. The first-order chi connectivity index (χ1) is 17.6. The highest BCUT2D eigenvalue weighted by Gasteiger charge is 2.23. The summed E-state index contributed by atoms with van der Waals surface area (Å²) in [5.41, 5.74) is 8.88. The molecule has 0 bridgehead atoms. The SMILES string of the molecule is CCCCCC(CC(=O)Nc1cc(CCCOC(N)=O)ccc1C(C)(C)C)c1ccc(OC)cc1OC. The molecule has 0 fully saturated rings. The minimum atomic E-state index is -0.766. The summed E-state index contributed by atoms with van der Waals surface area (Å²) in [6, 6.07) is 12.0. The molecular formula is C30H44N2O5. The fourth-order valence-corrected chi connectivity index (χ4v) is 4.54. The Morgan fingerprint density at radius 2 is 1.76 bits per heavy atom. The first kappa shape index (κ1) is 30.0. The number of methoxy groups -OCH3 is 2. The lowest BCUT2D eigenvalue weighted by Gasteiger charge is -2.25. The quantitative estimate of drug-likeness (QED) is 0.274. The van der Waals surface area contributed by atoms with Gasteiger partial charge in [0.15, 0.2) is 0 Å². The monoisotopic (exact) mass is 512 g/mol. The van der Waals surface area contributed by atoms with Crippen molar-refractivity contribution in [1.29, 1.82) is 0 Å². The van der Waals surface area contributed by atoms with Crippen LogP contribution in [0.25, 0.3) is 0 Å². The Bertz CT molecular complexity index is 1030. The van der Waals surface area contributed by atoms with Crippen LogP contribution < -0.4 is 20.5 Å². The van der Waals surface area contributed by atoms with Crippen molar-refractivity contribution in [3.05, 3.63) is 53.1 Å². The molecule has 0 saturated heterocycles. The molecule has 0 radical (unpaired) electrons. The maximum atomic E-state index is 13.4. The normalized spacial score (nSPS) is 12.1. The van der Waals surface area contributed by atoms with Gasteiger partial charge in [-0.2, -0.15) is 0 Å². The molecule has 0 spiro atoms. The Kier molecular flexibility index (Phi) is 11.8. The Hall–Kier alpha value is -3.22. The molecular weight excluding hydrogens is 468 g/mol. The number of rotatable bonds is 14. The van der Waals surface area contributed by atoms with Crippen LogP contribution in [0.2, 0.25) is 0 Å². The summed E-state index contributed by atoms with van der Waals surface area (Å²) >= 11 is 0. The number of anilines is 1. The number of nitrogens with two attached hydrogens (primary N) is 1. The second kappa shape index (κ2) is 14.5. The van der Waals surface area contributed by atoms with E-state index in [0.29, 0.717) is 19.3 Å². The Morgan fingerprint density at radius 1 is 1.00 bits per heavy atom. The highest BCUT2D eigenvalue weighted by atomic mass is 16.5. The van der Waals surface area contributed by atoms with Gasteiger partial charge in [-0.15, -0.1) is 0 Å². The van der Waals surface area contributed by atoms with Gasteiger partial charge in [-0.3, -0.25) is 4.79 Å². The van der Waals surface area contributed by atoms with E-state index in [1.807, 2.05) is 24.3 Å². The number of amides is 2. The molecule has 1 atom stereocenters. The van der Waals surface area contributed by atoms with Crippen molar-refractivity contribution in [3.63, 3.8) is 0 Å². The lowest BCUT2D eigenvalue weighted by molar-refractivity contribution is -0.116. The molecule has 0 aromatic heterocycles. The van der Waals surface area contributed by atoms with Crippen LogP contribution in [-0.4, -0.2) is 32.8 Å². The first-order valence-corrected chi connectivity index (χ1v) is 13.2. The number of carbonyl (C=O) groups excluding carboxylic acids is 2. The fourth-order valence-electron chi connectivity index (χ4n) is 4.54. The zero-order valence-corrected chi connectivity index (χ0v) is 23.3. The zero-order chi connectivity index (χ0) is 27.4. The topological polar surface area (TPSA) is 99.9 Å². The second-order valence-corrected chi connectivity index (χ2v) is 10.5. The Labute approximate surface area is 222 Å². The summed E-state index contributed by atoms with van der Waals surface area (Å²) in [7, 11) is 3.28. The van der Waals surface area contributed by atoms with Gasteiger partial charge in [0.1, 0.15) is 11.5 Å².